The van der Waals surface area contributed by atoms with Crippen LogP contribution in [0.5, 0.6) is 0 Å². The fourth-order valence-electron chi connectivity index (χ4n) is 4.49. The van der Waals surface area contributed by atoms with Crippen molar-refractivity contribution in [3.8, 4) is 0 Å². The molecule has 0 aliphatic heterocycles. The number of hydrogen-bond acceptors (Lipinski definition) is 2. The van der Waals surface area contributed by atoms with E-state index >= 15 is 0 Å². The molecule has 1 heterocycles. The summed E-state index contributed by atoms with van der Waals surface area (Å²) in [5.74, 6) is 2.57. The van der Waals surface area contributed by atoms with Gasteiger partial charge >= 0.3 is 0 Å². The third-order valence-electron chi connectivity index (χ3n) is 5.81. The van der Waals surface area contributed by atoms with Gasteiger partial charge in [-0.25, -0.2) is 0 Å². The van der Waals surface area contributed by atoms with Gasteiger partial charge in [-0.15, -0.1) is 0 Å². The van der Waals surface area contributed by atoms with E-state index < -0.39 is 0 Å². The standard InChI is InChI=1S/C18H27NO/c1-13(14-8-10-19-11-9-14)18(20)17-7-6-15-4-2-3-5-16(15)12-17/h8-11,13,15-18,20H,2-7,12H2,1H3. The maximum atomic E-state index is 10.8. The molecule has 2 saturated carbocycles. The molecule has 1 N–H and O–H groups in total. The molecule has 2 nitrogen and oxygen atoms in total. The molecule has 0 aromatic carbocycles. The average molecular weight is 273 g/mol. The van der Waals surface area contributed by atoms with E-state index in [1.807, 2.05) is 24.5 Å². The zero-order valence-corrected chi connectivity index (χ0v) is 12.5. The van der Waals surface area contributed by atoms with Gasteiger partial charge in [-0.1, -0.05) is 32.6 Å². The Labute approximate surface area is 122 Å². The topological polar surface area (TPSA) is 33.1 Å². The van der Waals surface area contributed by atoms with E-state index in [-0.39, 0.29) is 12.0 Å². The van der Waals surface area contributed by atoms with E-state index in [1.165, 1.54) is 50.5 Å². The highest BCUT2D eigenvalue weighted by Gasteiger charge is 2.36. The summed E-state index contributed by atoms with van der Waals surface area (Å²) in [6.45, 7) is 2.16. The van der Waals surface area contributed by atoms with Crippen molar-refractivity contribution in [2.45, 2.75) is 63.9 Å². The summed E-state index contributed by atoms with van der Waals surface area (Å²) in [6.07, 6.45) is 13.0. The zero-order valence-electron chi connectivity index (χ0n) is 12.5. The van der Waals surface area contributed by atoms with Crippen molar-refractivity contribution >= 4 is 0 Å². The molecule has 110 valence electrons. The van der Waals surface area contributed by atoms with Gasteiger partial charge in [-0.2, -0.15) is 0 Å². The molecule has 5 unspecified atom stereocenters. The number of fused-ring (bicyclic) bond motifs is 1. The highest BCUT2D eigenvalue weighted by Crippen LogP contribution is 2.45. The number of pyridine rings is 1. The van der Waals surface area contributed by atoms with Gasteiger partial charge in [0.05, 0.1) is 6.10 Å². The van der Waals surface area contributed by atoms with Crippen molar-refractivity contribution in [3.05, 3.63) is 30.1 Å². The van der Waals surface area contributed by atoms with Crippen LogP contribution < -0.4 is 0 Å². The first-order valence-electron chi connectivity index (χ1n) is 8.33. The van der Waals surface area contributed by atoms with Gasteiger partial charge in [-0.05, 0) is 54.7 Å². The van der Waals surface area contributed by atoms with Crippen LogP contribution in [-0.4, -0.2) is 16.2 Å². The molecule has 5 atom stereocenters. The lowest BCUT2D eigenvalue weighted by Gasteiger charge is -2.42. The maximum absolute atomic E-state index is 10.8. The summed E-state index contributed by atoms with van der Waals surface area (Å²) >= 11 is 0. The molecule has 3 rings (SSSR count). The van der Waals surface area contributed by atoms with Crippen molar-refractivity contribution in [1.29, 1.82) is 0 Å². The Kier molecular flexibility index (Phi) is 4.40. The SMILES string of the molecule is CC(c1ccncc1)C(O)C1CCC2CCCCC2C1. The minimum Gasteiger partial charge on any atom is -0.392 e. The Hall–Kier alpha value is -0.890. The molecule has 0 amide bonds. The summed E-state index contributed by atoms with van der Waals surface area (Å²) in [4.78, 5) is 4.07. The molecule has 2 aliphatic carbocycles. The van der Waals surface area contributed by atoms with E-state index in [1.54, 1.807) is 0 Å². The van der Waals surface area contributed by atoms with Gasteiger partial charge in [0.15, 0.2) is 0 Å². The summed E-state index contributed by atoms with van der Waals surface area (Å²) in [6, 6.07) is 4.08. The van der Waals surface area contributed by atoms with Crippen LogP contribution >= 0.6 is 0 Å². The van der Waals surface area contributed by atoms with Crippen LogP contribution in [0.25, 0.3) is 0 Å². The Balaban J connectivity index is 1.64. The molecular weight excluding hydrogens is 246 g/mol. The smallest absolute Gasteiger partial charge is 0.0634 e. The molecule has 2 fully saturated rings. The van der Waals surface area contributed by atoms with Gasteiger partial charge < -0.3 is 5.11 Å². The Bertz CT molecular complexity index is 419. The average Bonchev–Trinajstić information content (AvgIpc) is 2.54. The van der Waals surface area contributed by atoms with Crippen LogP contribution in [0.4, 0.5) is 0 Å². The maximum Gasteiger partial charge on any atom is 0.0634 e. The van der Waals surface area contributed by atoms with E-state index in [0.717, 1.165) is 11.8 Å². The molecule has 0 radical (unpaired) electrons. The lowest BCUT2D eigenvalue weighted by Crippen LogP contribution is -2.35. The molecule has 1 aromatic heterocycles. The molecule has 2 aliphatic rings. The van der Waals surface area contributed by atoms with Crippen molar-refractivity contribution in [3.63, 3.8) is 0 Å². The predicted octanol–water partition coefficient (Wildman–Crippen LogP) is 4.15. The third kappa shape index (κ3) is 2.90. The first kappa shape index (κ1) is 14.1. The lowest BCUT2D eigenvalue weighted by molar-refractivity contribution is 0.0232. The monoisotopic (exact) mass is 273 g/mol. The second kappa shape index (κ2) is 6.26. The van der Waals surface area contributed by atoms with Crippen LogP contribution in [0.2, 0.25) is 0 Å². The molecule has 1 aromatic rings. The highest BCUT2D eigenvalue weighted by atomic mass is 16.3. The van der Waals surface area contributed by atoms with Crippen molar-refractivity contribution < 1.29 is 5.11 Å². The first-order valence-corrected chi connectivity index (χ1v) is 8.33. The fraction of sp³-hybridized carbons (Fsp3) is 0.722. The largest absolute Gasteiger partial charge is 0.392 e. The van der Waals surface area contributed by atoms with Crippen molar-refractivity contribution in [2.75, 3.05) is 0 Å². The molecular formula is C18H27NO. The van der Waals surface area contributed by atoms with E-state index in [4.69, 9.17) is 0 Å². The van der Waals surface area contributed by atoms with E-state index in [2.05, 4.69) is 11.9 Å². The fourth-order valence-corrected chi connectivity index (χ4v) is 4.49. The molecule has 0 spiro atoms. The molecule has 2 heteroatoms. The van der Waals surface area contributed by atoms with Crippen LogP contribution in [-0.2, 0) is 0 Å². The number of hydrogen-bond donors (Lipinski definition) is 1. The number of aliphatic hydroxyl groups is 1. The number of rotatable bonds is 3. The number of aliphatic hydroxyl groups excluding tert-OH is 1. The number of nitrogens with zero attached hydrogens (tertiary/aromatic N) is 1. The van der Waals surface area contributed by atoms with Gasteiger partial charge in [0.25, 0.3) is 0 Å². The minimum absolute atomic E-state index is 0.194. The third-order valence-corrected chi connectivity index (χ3v) is 5.81. The second-order valence-corrected chi connectivity index (χ2v) is 6.94. The summed E-state index contributed by atoms with van der Waals surface area (Å²) < 4.78 is 0. The molecule has 0 saturated heterocycles. The summed E-state index contributed by atoms with van der Waals surface area (Å²) in [5, 5.41) is 10.8. The van der Waals surface area contributed by atoms with Gasteiger partial charge in [-0.3, -0.25) is 4.98 Å². The van der Waals surface area contributed by atoms with Crippen LogP contribution in [0.15, 0.2) is 24.5 Å². The second-order valence-electron chi connectivity index (χ2n) is 6.94. The Morgan fingerprint density at radius 1 is 1.05 bits per heavy atom. The minimum atomic E-state index is -0.194. The molecule has 20 heavy (non-hydrogen) atoms. The highest BCUT2D eigenvalue weighted by molar-refractivity contribution is 5.16. The van der Waals surface area contributed by atoms with Gasteiger partial charge in [0, 0.05) is 18.3 Å². The number of aromatic nitrogens is 1. The van der Waals surface area contributed by atoms with Crippen molar-refractivity contribution in [1.82, 2.24) is 4.98 Å². The Morgan fingerprint density at radius 3 is 2.50 bits per heavy atom. The van der Waals surface area contributed by atoms with Crippen LogP contribution in [0.1, 0.15) is 63.4 Å². The van der Waals surface area contributed by atoms with Crippen molar-refractivity contribution in [2.24, 2.45) is 17.8 Å². The first-order chi connectivity index (χ1) is 9.75. The zero-order chi connectivity index (χ0) is 13.9. The van der Waals surface area contributed by atoms with E-state index in [0.29, 0.717) is 5.92 Å². The Morgan fingerprint density at radius 2 is 1.75 bits per heavy atom. The summed E-state index contributed by atoms with van der Waals surface area (Å²) in [7, 11) is 0. The normalized spacial score (nSPS) is 33.2. The van der Waals surface area contributed by atoms with Crippen LogP contribution in [0.3, 0.4) is 0 Å². The summed E-state index contributed by atoms with van der Waals surface area (Å²) in [5.41, 5.74) is 1.22. The van der Waals surface area contributed by atoms with Crippen LogP contribution in [0, 0.1) is 17.8 Å². The lowest BCUT2D eigenvalue weighted by atomic mass is 9.65. The van der Waals surface area contributed by atoms with Gasteiger partial charge in [0.1, 0.15) is 0 Å². The predicted molar refractivity (Wildman–Crippen MR) is 81.4 cm³/mol. The molecule has 0 bridgehead atoms. The van der Waals surface area contributed by atoms with Gasteiger partial charge in [0.2, 0.25) is 0 Å². The van der Waals surface area contributed by atoms with E-state index in [9.17, 15) is 5.11 Å². The quantitative estimate of drug-likeness (QED) is 0.897.